The molecule has 0 aromatic carbocycles. The fraction of sp³-hybridized carbons (Fsp3) is 0.966. The average molecular weight is 735 g/mol. The number of methoxy groups -OCH3 is 5. The van der Waals surface area contributed by atoms with Crippen molar-refractivity contribution in [1.29, 1.82) is 0 Å². The molecule has 21 heteroatoms. The number of carboxylic acid groups (broad SMARTS) is 1. The molecule has 20 atom stereocenters. The fourth-order valence-electron chi connectivity index (χ4n) is 6.66. The number of hydrogen-bond donors (Lipinski definition) is 8. The maximum atomic E-state index is 11.8. The molecule has 0 aliphatic carbocycles. The highest BCUT2D eigenvalue weighted by atomic mass is 16.8. The number of carboxylic acids is 1. The number of aliphatic carboxylic acids is 1. The fourth-order valence-corrected chi connectivity index (χ4v) is 6.66. The summed E-state index contributed by atoms with van der Waals surface area (Å²) in [6.45, 7) is 0.196. The Labute approximate surface area is 287 Å². The number of aliphatic hydroxyl groups excluding tert-OH is 7. The van der Waals surface area contributed by atoms with Crippen molar-refractivity contribution >= 4 is 5.97 Å². The summed E-state index contributed by atoms with van der Waals surface area (Å²) in [5, 5.41) is 83.6. The van der Waals surface area contributed by atoms with E-state index in [-0.39, 0.29) is 0 Å². The first-order valence-electron chi connectivity index (χ1n) is 15.9. The van der Waals surface area contributed by atoms with E-state index in [0.29, 0.717) is 0 Å². The van der Waals surface area contributed by atoms with Crippen LogP contribution >= 0.6 is 0 Å². The molecule has 8 unspecified atom stereocenters. The first kappa shape index (κ1) is 41.5. The van der Waals surface area contributed by atoms with Crippen molar-refractivity contribution in [2.45, 2.75) is 130 Å². The van der Waals surface area contributed by atoms with Crippen LogP contribution in [-0.4, -0.2) is 218 Å². The summed E-state index contributed by atoms with van der Waals surface area (Å²) < 4.78 is 67.6. The standard InChI is InChI=1S/C29H50O21/c1-9-17(22(40-3)24(42-5)28(44-9)48-18-10(7-30)45-26(43-6)14(34)12(18)32)47-27-15(35)13(33)19(11(8-31)46-27)49-29-23(41-4)20(39-2)16(36)21(50-29)25(37)38/h9-24,26-36H,7-8H2,1-6H3,(H,37,38)/t9-,10?,11-,12+,13?,14?,15?,16-,17+,18+,19+,20-,21?,22?,23?,24?,26-,27+,28-,29+/m0/s1. The average Bonchev–Trinajstić information content (AvgIpc) is 3.10. The lowest BCUT2D eigenvalue weighted by Crippen LogP contribution is -2.67. The molecule has 292 valence electrons. The van der Waals surface area contributed by atoms with Gasteiger partial charge in [-0.1, -0.05) is 0 Å². The zero-order valence-electron chi connectivity index (χ0n) is 28.3. The molecule has 4 aliphatic rings. The Kier molecular flexibility index (Phi) is 15.1. The Hall–Kier alpha value is -1.29. The molecular formula is C29H50O21. The lowest BCUT2D eigenvalue weighted by Gasteiger charge is -2.50. The van der Waals surface area contributed by atoms with Crippen molar-refractivity contribution in [3.8, 4) is 0 Å². The van der Waals surface area contributed by atoms with Crippen LogP contribution in [-0.2, 0) is 61.6 Å². The molecule has 4 fully saturated rings. The van der Waals surface area contributed by atoms with Gasteiger partial charge in [0.1, 0.15) is 85.5 Å². The number of carbonyl (C=O) groups is 1. The van der Waals surface area contributed by atoms with Gasteiger partial charge in [-0.2, -0.15) is 0 Å². The van der Waals surface area contributed by atoms with Crippen molar-refractivity contribution in [3.05, 3.63) is 0 Å². The van der Waals surface area contributed by atoms with Gasteiger partial charge in [-0.15, -0.1) is 0 Å². The molecule has 0 bridgehead atoms. The van der Waals surface area contributed by atoms with E-state index < -0.39 is 142 Å². The van der Waals surface area contributed by atoms with Gasteiger partial charge < -0.3 is 97.7 Å². The molecule has 4 heterocycles. The minimum atomic E-state index is -1.83. The quantitative estimate of drug-likeness (QED) is 0.0826. The predicted molar refractivity (Wildman–Crippen MR) is 157 cm³/mol. The number of aliphatic hydroxyl groups is 7. The summed E-state index contributed by atoms with van der Waals surface area (Å²) in [6.07, 6.45) is -27.7. The predicted octanol–water partition coefficient (Wildman–Crippen LogP) is -5.36. The number of rotatable bonds is 14. The van der Waals surface area contributed by atoms with Crippen LogP contribution in [0.25, 0.3) is 0 Å². The van der Waals surface area contributed by atoms with Gasteiger partial charge in [-0.3, -0.25) is 0 Å². The molecule has 0 saturated carbocycles. The topological polar surface area (TPSA) is 290 Å². The lowest BCUT2D eigenvalue weighted by molar-refractivity contribution is -0.387. The van der Waals surface area contributed by atoms with Crippen LogP contribution in [0.2, 0.25) is 0 Å². The summed E-state index contributed by atoms with van der Waals surface area (Å²) in [5.41, 5.74) is 0. The molecule has 4 rings (SSSR count). The van der Waals surface area contributed by atoms with Crippen molar-refractivity contribution < 1.29 is 102 Å². The van der Waals surface area contributed by atoms with E-state index in [9.17, 15) is 45.6 Å². The minimum Gasteiger partial charge on any atom is -0.479 e. The Morgan fingerprint density at radius 2 is 0.940 bits per heavy atom. The SMILES string of the molecule is COC1C(OC)[C@H](O[C@H]2O[C@@H](CO)[C@@H](O[C@@H]3OC(C(=O)O)[C@@H](O)[C@H](OC)C3OC)C(O)C2O)[C@H](C)O[C@H]1O[C@@H]1C(CO)O[C@H](OC)C(O)[C@H]1O. The maximum absolute atomic E-state index is 11.8. The highest BCUT2D eigenvalue weighted by Gasteiger charge is 2.56. The van der Waals surface area contributed by atoms with E-state index in [2.05, 4.69) is 0 Å². The number of ether oxygens (including phenoxy) is 12. The van der Waals surface area contributed by atoms with Gasteiger partial charge >= 0.3 is 5.97 Å². The third kappa shape index (κ3) is 8.26. The molecule has 0 aromatic rings. The molecule has 21 nitrogen and oxygen atoms in total. The van der Waals surface area contributed by atoms with Crippen LogP contribution in [0.3, 0.4) is 0 Å². The first-order valence-corrected chi connectivity index (χ1v) is 15.9. The molecule has 4 aliphatic heterocycles. The second-order valence-corrected chi connectivity index (χ2v) is 12.2. The van der Waals surface area contributed by atoms with Gasteiger partial charge in [0.2, 0.25) is 0 Å². The lowest BCUT2D eigenvalue weighted by atomic mass is 9.95. The van der Waals surface area contributed by atoms with Crippen LogP contribution in [0.15, 0.2) is 0 Å². The van der Waals surface area contributed by atoms with E-state index in [0.717, 1.165) is 0 Å². The van der Waals surface area contributed by atoms with Gasteiger partial charge in [0.25, 0.3) is 0 Å². The Morgan fingerprint density at radius 1 is 0.500 bits per heavy atom. The van der Waals surface area contributed by atoms with Gasteiger partial charge in [-0.25, -0.2) is 4.79 Å². The zero-order valence-corrected chi connectivity index (χ0v) is 28.3. The normalized spacial score (nSPS) is 48.7. The van der Waals surface area contributed by atoms with Gasteiger partial charge in [0, 0.05) is 35.5 Å². The summed E-state index contributed by atoms with van der Waals surface area (Å²) >= 11 is 0. The van der Waals surface area contributed by atoms with Crippen LogP contribution in [0.5, 0.6) is 0 Å². The van der Waals surface area contributed by atoms with Gasteiger partial charge in [-0.05, 0) is 6.92 Å². The monoisotopic (exact) mass is 734 g/mol. The van der Waals surface area contributed by atoms with Gasteiger partial charge in [0.15, 0.2) is 31.3 Å². The molecule has 0 amide bonds. The number of hydrogen-bond acceptors (Lipinski definition) is 20. The minimum absolute atomic E-state index is 0.600. The zero-order chi connectivity index (χ0) is 37.0. The van der Waals surface area contributed by atoms with Crippen LogP contribution in [0.4, 0.5) is 0 Å². The van der Waals surface area contributed by atoms with E-state index in [1.807, 2.05) is 0 Å². The maximum Gasteiger partial charge on any atom is 0.335 e. The Morgan fingerprint density at radius 3 is 1.40 bits per heavy atom. The summed E-state index contributed by atoms with van der Waals surface area (Å²) in [5.74, 6) is -1.53. The van der Waals surface area contributed by atoms with Crippen LogP contribution in [0, 0.1) is 0 Å². The van der Waals surface area contributed by atoms with E-state index >= 15 is 0 Å². The first-order chi connectivity index (χ1) is 23.8. The molecular weight excluding hydrogens is 684 g/mol. The second-order valence-electron chi connectivity index (χ2n) is 12.2. The van der Waals surface area contributed by atoms with Crippen molar-refractivity contribution in [2.75, 3.05) is 48.8 Å². The summed E-state index contributed by atoms with van der Waals surface area (Å²) in [4.78, 5) is 11.8. The Balaban J connectivity index is 1.48. The largest absolute Gasteiger partial charge is 0.479 e. The van der Waals surface area contributed by atoms with E-state index in [1.54, 1.807) is 6.92 Å². The smallest absolute Gasteiger partial charge is 0.335 e. The highest BCUT2D eigenvalue weighted by molar-refractivity contribution is 5.73. The molecule has 0 radical (unpaired) electrons. The van der Waals surface area contributed by atoms with Crippen LogP contribution < -0.4 is 0 Å². The Bertz CT molecular complexity index is 1050. The van der Waals surface area contributed by atoms with Crippen molar-refractivity contribution in [3.63, 3.8) is 0 Å². The molecule has 0 spiro atoms. The van der Waals surface area contributed by atoms with E-state index in [4.69, 9.17) is 56.8 Å². The summed E-state index contributed by atoms with van der Waals surface area (Å²) in [7, 11) is 6.37. The summed E-state index contributed by atoms with van der Waals surface area (Å²) in [6, 6.07) is 0. The highest BCUT2D eigenvalue weighted by Crippen LogP contribution is 2.36. The van der Waals surface area contributed by atoms with Gasteiger partial charge in [0.05, 0.1) is 19.3 Å². The van der Waals surface area contributed by atoms with E-state index in [1.165, 1.54) is 35.5 Å². The molecule has 50 heavy (non-hydrogen) atoms. The van der Waals surface area contributed by atoms with Crippen molar-refractivity contribution in [1.82, 2.24) is 0 Å². The van der Waals surface area contributed by atoms with Crippen LogP contribution in [0.1, 0.15) is 6.92 Å². The third-order valence-corrected chi connectivity index (χ3v) is 9.33. The molecule has 0 aromatic heterocycles. The molecule has 8 N–H and O–H groups in total. The second kappa shape index (κ2) is 18.2. The third-order valence-electron chi connectivity index (χ3n) is 9.33. The molecule has 4 saturated heterocycles. The van der Waals surface area contributed by atoms with Crippen molar-refractivity contribution in [2.24, 2.45) is 0 Å².